The Morgan fingerprint density at radius 3 is 2.79 bits per heavy atom. The van der Waals surface area contributed by atoms with Crippen LogP contribution < -0.4 is 5.32 Å². The van der Waals surface area contributed by atoms with Gasteiger partial charge in [-0.25, -0.2) is 0 Å². The molecule has 0 saturated carbocycles. The summed E-state index contributed by atoms with van der Waals surface area (Å²) in [5.74, 6) is 0.139. The van der Waals surface area contributed by atoms with Crippen molar-refractivity contribution >= 4 is 5.91 Å². The predicted octanol–water partition coefficient (Wildman–Crippen LogP) is 1.78. The summed E-state index contributed by atoms with van der Waals surface area (Å²) in [5, 5.41) is 11.9. The molecule has 0 bridgehead atoms. The van der Waals surface area contributed by atoms with Gasteiger partial charge in [-0.2, -0.15) is 0 Å². The Labute approximate surface area is 117 Å². The Morgan fingerprint density at radius 1 is 1.42 bits per heavy atom. The van der Waals surface area contributed by atoms with Crippen molar-refractivity contribution in [2.45, 2.75) is 58.9 Å². The van der Waals surface area contributed by atoms with E-state index in [9.17, 15) is 4.79 Å². The fourth-order valence-electron chi connectivity index (χ4n) is 2.57. The highest BCUT2D eigenvalue weighted by Gasteiger charge is 2.25. The zero-order chi connectivity index (χ0) is 14.3. The van der Waals surface area contributed by atoms with E-state index in [4.69, 9.17) is 5.11 Å². The highest BCUT2D eigenvalue weighted by atomic mass is 16.3. The van der Waals surface area contributed by atoms with Gasteiger partial charge >= 0.3 is 0 Å². The zero-order valence-electron chi connectivity index (χ0n) is 12.7. The lowest BCUT2D eigenvalue weighted by Crippen LogP contribution is -2.40. The number of nitrogens with one attached hydrogen (secondary N) is 1. The summed E-state index contributed by atoms with van der Waals surface area (Å²) >= 11 is 0. The Balaban J connectivity index is 2.23. The molecule has 1 aliphatic heterocycles. The Hall–Kier alpha value is -0.610. The molecule has 2 N–H and O–H groups in total. The number of carbonyl (C=O) groups excluding carboxylic acids is 1. The first-order valence-corrected chi connectivity index (χ1v) is 7.54. The van der Waals surface area contributed by atoms with Crippen molar-refractivity contribution in [2.24, 2.45) is 5.41 Å². The van der Waals surface area contributed by atoms with Crippen molar-refractivity contribution in [2.75, 3.05) is 26.2 Å². The molecule has 0 aromatic heterocycles. The third-order valence-electron chi connectivity index (χ3n) is 3.74. The minimum atomic E-state index is 0.139. The summed E-state index contributed by atoms with van der Waals surface area (Å²) in [6, 6.07) is 0.487. The topological polar surface area (TPSA) is 52.6 Å². The fraction of sp³-hybridized carbons (Fsp3) is 0.933. The average Bonchev–Trinajstić information content (AvgIpc) is 2.72. The molecule has 1 atom stereocenters. The van der Waals surface area contributed by atoms with Gasteiger partial charge in [-0.3, -0.25) is 9.69 Å². The summed E-state index contributed by atoms with van der Waals surface area (Å²) in [7, 11) is 0. The second-order valence-electron chi connectivity index (χ2n) is 6.79. The zero-order valence-corrected chi connectivity index (χ0v) is 12.7. The second kappa shape index (κ2) is 7.85. The van der Waals surface area contributed by atoms with Gasteiger partial charge in [0.2, 0.25) is 5.91 Å². The van der Waals surface area contributed by atoms with Crippen LogP contribution in [0, 0.1) is 5.41 Å². The lowest BCUT2D eigenvalue weighted by molar-refractivity contribution is -0.122. The van der Waals surface area contributed by atoms with E-state index >= 15 is 0 Å². The number of carbonyl (C=O) groups is 1. The predicted molar refractivity (Wildman–Crippen MR) is 78.0 cm³/mol. The number of aliphatic hydroxyl groups excluding tert-OH is 1. The van der Waals surface area contributed by atoms with E-state index in [1.165, 1.54) is 6.42 Å². The van der Waals surface area contributed by atoms with Gasteiger partial charge in [-0.1, -0.05) is 20.8 Å². The van der Waals surface area contributed by atoms with Crippen LogP contribution in [0.5, 0.6) is 0 Å². The van der Waals surface area contributed by atoms with Crippen molar-refractivity contribution < 1.29 is 9.90 Å². The number of rotatable bonds is 7. The Kier molecular flexibility index (Phi) is 6.80. The van der Waals surface area contributed by atoms with E-state index in [0.717, 1.165) is 38.8 Å². The minimum Gasteiger partial charge on any atom is -0.396 e. The van der Waals surface area contributed by atoms with Crippen molar-refractivity contribution in [3.63, 3.8) is 0 Å². The smallest absolute Gasteiger partial charge is 0.234 e. The molecule has 112 valence electrons. The summed E-state index contributed by atoms with van der Waals surface area (Å²) in [5.41, 5.74) is 0.268. The molecule has 1 unspecified atom stereocenters. The SMILES string of the molecule is CC(C)(C)CCNC(=O)CN1CCCC1CCCO. The van der Waals surface area contributed by atoms with Gasteiger partial charge in [0, 0.05) is 19.2 Å². The first-order valence-electron chi connectivity index (χ1n) is 7.54. The van der Waals surface area contributed by atoms with Crippen LogP contribution in [0.2, 0.25) is 0 Å². The van der Waals surface area contributed by atoms with E-state index in [2.05, 4.69) is 31.0 Å². The summed E-state index contributed by atoms with van der Waals surface area (Å²) in [6.07, 6.45) is 5.19. The van der Waals surface area contributed by atoms with Crippen LogP contribution >= 0.6 is 0 Å². The van der Waals surface area contributed by atoms with Gasteiger partial charge in [-0.05, 0) is 44.1 Å². The Morgan fingerprint density at radius 2 is 2.16 bits per heavy atom. The lowest BCUT2D eigenvalue weighted by Gasteiger charge is -2.24. The summed E-state index contributed by atoms with van der Waals surface area (Å²) in [4.78, 5) is 14.2. The lowest BCUT2D eigenvalue weighted by atomic mass is 9.92. The average molecular weight is 270 g/mol. The van der Waals surface area contributed by atoms with Gasteiger partial charge in [-0.15, -0.1) is 0 Å². The first kappa shape index (κ1) is 16.4. The van der Waals surface area contributed by atoms with Crippen molar-refractivity contribution in [1.29, 1.82) is 0 Å². The van der Waals surface area contributed by atoms with E-state index in [0.29, 0.717) is 12.6 Å². The molecule has 1 heterocycles. The molecular weight excluding hydrogens is 240 g/mol. The maximum absolute atomic E-state index is 11.9. The summed E-state index contributed by atoms with van der Waals surface area (Å²) in [6.45, 7) is 9.10. The third-order valence-corrected chi connectivity index (χ3v) is 3.74. The van der Waals surface area contributed by atoms with Crippen molar-refractivity contribution in [1.82, 2.24) is 10.2 Å². The van der Waals surface area contributed by atoms with Crippen LogP contribution in [0.4, 0.5) is 0 Å². The van der Waals surface area contributed by atoms with Crippen LogP contribution in [0.25, 0.3) is 0 Å². The van der Waals surface area contributed by atoms with Crippen LogP contribution in [-0.2, 0) is 4.79 Å². The Bertz CT molecular complexity index is 274. The molecule has 1 aliphatic rings. The molecular formula is C15H30N2O2. The molecule has 1 fully saturated rings. The molecule has 0 spiro atoms. The van der Waals surface area contributed by atoms with Gasteiger partial charge in [0.05, 0.1) is 6.54 Å². The number of nitrogens with zero attached hydrogens (tertiary/aromatic N) is 1. The standard InChI is InChI=1S/C15H30N2O2/c1-15(2,3)8-9-16-14(19)12-17-10-4-6-13(17)7-5-11-18/h13,18H,4-12H2,1-3H3,(H,16,19). The van der Waals surface area contributed by atoms with Gasteiger partial charge in [0.1, 0.15) is 0 Å². The number of aliphatic hydroxyl groups is 1. The van der Waals surface area contributed by atoms with E-state index in [1.807, 2.05) is 0 Å². The third kappa shape index (κ3) is 6.92. The molecule has 1 saturated heterocycles. The van der Waals surface area contributed by atoms with E-state index < -0.39 is 0 Å². The maximum atomic E-state index is 11.9. The van der Waals surface area contributed by atoms with Crippen LogP contribution in [0.3, 0.4) is 0 Å². The van der Waals surface area contributed by atoms with Gasteiger partial charge in [0.25, 0.3) is 0 Å². The molecule has 4 heteroatoms. The number of amides is 1. The monoisotopic (exact) mass is 270 g/mol. The number of hydrogen-bond acceptors (Lipinski definition) is 3. The maximum Gasteiger partial charge on any atom is 0.234 e. The summed E-state index contributed by atoms with van der Waals surface area (Å²) < 4.78 is 0. The van der Waals surface area contributed by atoms with Gasteiger partial charge in [0.15, 0.2) is 0 Å². The molecule has 0 aromatic rings. The van der Waals surface area contributed by atoms with Crippen LogP contribution in [0.15, 0.2) is 0 Å². The quantitative estimate of drug-likeness (QED) is 0.741. The minimum absolute atomic E-state index is 0.139. The van der Waals surface area contributed by atoms with Crippen LogP contribution in [-0.4, -0.2) is 48.2 Å². The molecule has 1 amide bonds. The van der Waals surface area contributed by atoms with Crippen LogP contribution in [0.1, 0.15) is 52.9 Å². The van der Waals surface area contributed by atoms with Crippen molar-refractivity contribution in [3.05, 3.63) is 0 Å². The molecule has 0 aromatic carbocycles. The second-order valence-corrected chi connectivity index (χ2v) is 6.79. The number of likely N-dealkylation sites (tertiary alicyclic amines) is 1. The van der Waals surface area contributed by atoms with E-state index in [1.54, 1.807) is 0 Å². The normalized spacial score (nSPS) is 20.7. The van der Waals surface area contributed by atoms with E-state index in [-0.39, 0.29) is 17.9 Å². The first-order chi connectivity index (χ1) is 8.92. The highest BCUT2D eigenvalue weighted by molar-refractivity contribution is 5.78. The molecule has 1 rings (SSSR count). The largest absolute Gasteiger partial charge is 0.396 e. The fourth-order valence-corrected chi connectivity index (χ4v) is 2.57. The highest BCUT2D eigenvalue weighted by Crippen LogP contribution is 2.21. The molecule has 0 radical (unpaired) electrons. The molecule has 19 heavy (non-hydrogen) atoms. The number of hydrogen-bond donors (Lipinski definition) is 2. The molecule has 0 aliphatic carbocycles. The van der Waals surface area contributed by atoms with Crippen molar-refractivity contribution in [3.8, 4) is 0 Å². The van der Waals surface area contributed by atoms with Gasteiger partial charge < -0.3 is 10.4 Å². The molecule has 4 nitrogen and oxygen atoms in total.